The molecule has 0 spiro atoms. The van der Waals surface area contributed by atoms with Gasteiger partial charge in [-0.25, -0.2) is 4.98 Å². The van der Waals surface area contributed by atoms with Gasteiger partial charge in [0.05, 0.1) is 18.5 Å². The number of imidazole rings is 1. The van der Waals surface area contributed by atoms with Crippen molar-refractivity contribution in [3.05, 3.63) is 60.8 Å². The van der Waals surface area contributed by atoms with Crippen molar-refractivity contribution in [2.75, 3.05) is 6.61 Å². The van der Waals surface area contributed by atoms with E-state index in [9.17, 15) is 0 Å². The SMILES string of the molecule is CCOc1ccccc1-c1cnc(-c2ccccc2)[nH]1. The molecule has 0 saturated heterocycles. The third-order valence-corrected chi connectivity index (χ3v) is 3.10. The van der Waals surface area contributed by atoms with Crippen molar-refractivity contribution in [2.24, 2.45) is 0 Å². The molecule has 0 aliphatic heterocycles. The Bertz CT molecular complexity index is 689. The number of para-hydroxylation sites is 1. The van der Waals surface area contributed by atoms with E-state index in [1.165, 1.54) is 0 Å². The van der Waals surface area contributed by atoms with Gasteiger partial charge in [0.25, 0.3) is 0 Å². The molecule has 3 aromatic rings. The van der Waals surface area contributed by atoms with Gasteiger partial charge in [-0.3, -0.25) is 0 Å². The maximum Gasteiger partial charge on any atom is 0.137 e. The van der Waals surface area contributed by atoms with Crippen molar-refractivity contribution in [2.45, 2.75) is 6.92 Å². The van der Waals surface area contributed by atoms with Gasteiger partial charge in [0.15, 0.2) is 0 Å². The molecule has 1 heterocycles. The van der Waals surface area contributed by atoms with Crippen molar-refractivity contribution in [3.8, 4) is 28.4 Å². The summed E-state index contributed by atoms with van der Waals surface area (Å²) >= 11 is 0. The van der Waals surface area contributed by atoms with Crippen LogP contribution >= 0.6 is 0 Å². The first-order valence-corrected chi connectivity index (χ1v) is 6.71. The van der Waals surface area contributed by atoms with Gasteiger partial charge >= 0.3 is 0 Å². The summed E-state index contributed by atoms with van der Waals surface area (Å²) in [7, 11) is 0. The summed E-state index contributed by atoms with van der Waals surface area (Å²) in [6, 6.07) is 18.1. The van der Waals surface area contributed by atoms with Crippen LogP contribution in [0.2, 0.25) is 0 Å². The third-order valence-electron chi connectivity index (χ3n) is 3.10. The zero-order valence-corrected chi connectivity index (χ0v) is 11.3. The fraction of sp³-hybridized carbons (Fsp3) is 0.118. The first-order chi connectivity index (χ1) is 9.88. The number of H-pyrrole nitrogens is 1. The van der Waals surface area contributed by atoms with E-state index in [0.29, 0.717) is 6.61 Å². The molecular formula is C17H16N2O. The summed E-state index contributed by atoms with van der Waals surface area (Å²) in [5.74, 6) is 1.74. The molecule has 0 amide bonds. The number of nitrogens with zero attached hydrogens (tertiary/aromatic N) is 1. The van der Waals surface area contributed by atoms with Crippen molar-refractivity contribution >= 4 is 0 Å². The van der Waals surface area contributed by atoms with E-state index in [1.807, 2.05) is 67.7 Å². The molecule has 0 atom stereocenters. The van der Waals surface area contributed by atoms with Gasteiger partial charge in [0, 0.05) is 11.1 Å². The van der Waals surface area contributed by atoms with Gasteiger partial charge in [-0.15, -0.1) is 0 Å². The van der Waals surface area contributed by atoms with Crippen LogP contribution in [-0.4, -0.2) is 16.6 Å². The predicted molar refractivity (Wildman–Crippen MR) is 80.6 cm³/mol. The van der Waals surface area contributed by atoms with E-state index < -0.39 is 0 Å². The monoisotopic (exact) mass is 264 g/mol. The quantitative estimate of drug-likeness (QED) is 0.769. The Morgan fingerprint density at radius 1 is 1.00 bits per heavy atom. The van der Waals surface area contributed by atoms with Gasteiger partial charge < -0.3 is 9.72 Å². The molecule has 3 heteroatoms. The minimum absolute atomic E-state index is 0.649. The van der Waals surface area contributed by atoms with Crippen molar-refractivity contribution in [1.29, 1.82) is 0 Å². The number of aromatic amines is 1. The molecule has 0 unspecified atom stereocenters. The largest absolute Gasteiger partial charge is 0.493 e. The molecule has 0 fully saturated rings. The predicted octanol–water partition coefficient (Wildman–Crippen LogP) is 4.14. The van der Waals surface area contributed by atoms with E-state index in [4.69, 9.17) is 4.74 Å². The highest BCUT2D eigenvalue weighted by Gasteiger charge is 2.09. The lowest BCUT2D eigenvalue weighted by Gasteiger charge is -2.07. The van der Waals surface area contributed by atoms with Crippen LogP contribution in [-0.2, 0) is 0 Å². The van der Waals surface area contributed by atoms with Gasteiger partial charge in [-0.05, 0) is 19.1 Å². The summed E-state index contributed by atoms with van der Waals surface area (Å²) in [4.78, 5) is 7.81. The highest BCUT2D eigenvalue weighted by molar-refractivity contribution is 5.69. The molecule has 3 nitrogen and oxygen atoms in total. The van der Waals surface area contributed by atoms with E-state index >= 15 is 0 Å². The number of benzene rings is 2. The van der Waals surface area contributed by atoms with Gasteiger partial charge in [0.1, 0.15) is 11.6 Å². The molecule has 0 aliphatic carbocycles. The Hall–Kier alpha value is -2.55. The second kappa shape index (κ2) is 5.61. The molecule has 0 radical (unpaired) electrons. The Labute approximate surface area is 118 Å². The Morgan fingerprint density at radius 2 is 1.75 bits per heavy atom. The summed E-state index contributed by atoms with van der Waals surface area (Å²) < 4.78 is 5.66. The molecule has 0 saturated carbocycles. The zero-order valence-electron chi connectivity index (χ0n) is 11.3. The second-order valence-electron chi connectivity index (χ2n) is 4.44. The lowest BCUT2D eigenvalue weighted by molar-refractivity contribution is 0.341. The van der Waals surface area contributed by atoms with Crippen LogP contribution in [0.5, 0.6) is 5.75 Å². The van der Waals surface area contributed by atoms with E-state index in [0.717, 1.165) is 28.4 Å². The first-order valence-electron chi connectivity index (χ1n) is 6.71. The van der Waals surface area contributed by atoms with Gasteiger partial charge in [0.2, 0.25) is 0 Å². The normalized spacial score (nSPS) is 10.4. The highest BCUT2D eigenvalue weighted by atomic mass is 16.5. The topological polar surface area (TPSA) is 37.9 Å². The third kappa shape index (κ3) is 2.43. The minimum Gasteiger partial charge on any atom is -0.493 e. The van der Waals surface area contributed by atoms with Crippen LogP contribution in [0.1, 0.15) is 6.92 Å². The van der Waals surface area contributed by atoms with E-state index in [1.54, 1.807) is 0 Å². The number of hydrogen-bond acceptors (Lipinski definition) is 2. The molecule has 0 aliphatic rings. The van der Waals surface area contributed by atoms with Crippen molar-refractivity contribution in [1.82, 2.24) is 9.97 Å². The molecule has 1 N–H and O–H groups in total. The molecule has 1 aromatic heterocycles. The summed E-state index contributed by atoms with van der Waals surface area (Å²) in [5.41, 5.74) is 3.07. The number of ether oxygens (including phenoxy) is 1. The Kier molecular flexibility index (Phi) is 3.50. The van der Waals surface area contributed by atoms with E-state index in [-0.39, 0.29) is 0 Å². The van der Waals surface area contributed by atoms with Crippen molar-refractivity contribution < 1.29 is 4.74 Å². The van der Waals surface area contributed by atoms with Crippen LogP contribution in [0.3, 0.4) is 0 Å². The van der Waals surface area contributed by atoms with Crippen LogP contribution < -0.4 is 4.74 Å². The van der Waals surface area contributed by atoms with Crippen molar-refractivity contribution in [3.63, 3.8) is 0 Å². The zero-order chi connectivity index (χ0) is 13.8. The number of rotatable bonds is 4. The van der Waals surface area contributed by atoms with Crippen LogP contribution in [0, 0.1) is 0 Å². The fourth-order valence-electron chi connectivity index (χ4n) is 2.17. The average molecular weight is 264 g/mol. The summed E-state index contributed by atoms with van der Waals surface area (Å²) in [6.45, 7) is 2.63. The van der Waals surface area contributed by atoms with Crippen LogP contribution in [0.25, 0.3) is 22.6 Å². The second-order valence-corrected chi connectivity index (χ2v) is 4.44. The molecule has 3 rings (SSSR count). The Balaban J connectivity index is 1.98. The molecule has 0 bridgehead atoms. The lowest BCUT2D eigenvalue weighted by Crippen LogP contribution is -1.93. The molecule has 20 heavy (non-hydrogen) atoms. The molecule has 100 valence electrons. The smallest absolute Gasteiger partial charge is 0.137 e. The Morgan fingerprint density at radius 3 is 2.55 bits per heavy atom. The van der Waals surface area contributed by atoms with Gasteiger partial charge in [-0.1, -0.05) is 42.5 Å². The maximum atomic E-state index is 5.66. The average Bonchev–Trinajstić information content (AvgIpc) is 2.99. The lowest BCUT2D eigenvalue weighted by atomic mass is 10.1. The number of hydrogen-bond donors (Lipinski definition) is 1. The summed E-state index contributed by atoms with van der Waals surface area (Å²) in [5, 5.41) is 0. The first kappa shape index (κ1) is 12.5. The summed E-state index contributed by atoms with van der Waals surface area (Å²) in [6.07, 6.45) is 1.85. The van der Waals surface area contributed by atoms with Crippen LogP contribution in [0.4, 0.5) is 0 Å². The van der Waals surface area contributed by atoms with Crippen LogP contribution in [0.15, 0.2) is 60.8 Å². The minimum atomic E-state index is 0.649. The van der Waals surface area contributed by atoms with E-state index in [2.05, 4.69) is 9.97 Å². The number of aromatic nitrogens is 2. The molecule has 2 aromatic carbocycles. The number of nitrogens with one attached hydrogen (secondary N) is 1. The maximum absolute atomic E-state index is 5.66. The molecular weight excluding hydrogens is 248 g/mol. The highest BCUT2D eigenvalue weighted by Crippen LogP contribution is 2.29. The fourth-order valence-corrected chi connectivity index (χ4v) is 2.17. The van der Waals surface area contributed by atoms with Gasteiger partial charge in [-0.2, -0.15) is 0 Å². The standard InChI is InChI=1S/C17H16N2O/c1-2-20-16-11-7-6-10-14(16)15-12-18-17(19-15)13-8-4-3-5-9-13/h3-12H,2H2,1H3,(H,18,19).